The molecule has 0 aliphatic rings. The second kappa shape index (κ2) is 6.98. The summed E-state index contributed by atoms with van der Waals surface area (Å²) in [5.74, 6) is -1.07. The van der Waals surface area contributed by atoms with Gasteiger partial charge in [0.25, 0.3) is 0 Å². The summed E-state index contributed by atoms with van der Waals surface area (Å²) in [4.78, 5) is 8.18. The van der Waals surface area contributed by atoms with E-state index >= 15 is 0 Å². The lowest BCUT2D eigenvalue weighted by Gasteiger charge is -2.11. The van der Waals surface area contributed by atoms with Gasteiger partial charge in [-0.25, -0.2) is 13.8 Å². The summed E-state index contributed by atoms with van der Waals surface area (Å²) in [6.07, 6.45) is 1.43. The highest BCUT2D eigenvalue weighted by Gasteiger charge is 2.11. The standard InChI is InChI=1S/C16H10Cl2F2N4/c17-9-3-1-4-10(18)14(9)24-16-21-8-7-13(23-16)22-15-11(19)5-2-6-12(15)20/h1-8H,(H2,21,22,23,24). The summed E-state index contributed by atoms with van der Waals surface area (Å²) in [5, 5.41) is 6.26. The number of aromatic nitrogens is 2. The minimum Gasteiger partial charge on any atom is -0.335 e. The highest BCUT2D eigenvalue weighted by molar-refractivity contribution is 6.39. The van der Waals surface area contributed by atoms with Gasteiger partial charge in [0, 0.05) is 6.20 Å². The molecular weight excluding hydrogens is 357 g/mol. The number of para-hydroxylation sites is 2. The quantitative estimate of drug-likeness (QED) is 0.635. The molecule has 0 radical (unpaired) electrons. The highest BCUT2D eigenvalue weighted by Crippen LogP contribution is 2.32. The normalized spacial score (nSPS) is 10.5. The molecular formula is C16H10Cl2F2N4. The predicted octanol–water partition coefficient (Wildman–Crippen LogP) is 5.55. The number of benzene rings is 2. The summed E-state index contributed by atoms with van der Waals surface area (Å²) in [5.41, 5.74) is 0.146. The summed E-state index contributed by atoms with van der Waals surface area (Å²) in [6, 6.07) is 10.1. The van der Waals surface area contributed by atoms with Gasteiger partial charge >= 0.3 is 0 Å². The van der Waals surface area contributed by atoms with Crippen LogP contribution in [0, 0.1) is 11.6 Å². The zero-order valence-corrected chi connectivity index (χ0v) is 13.5. The van der Waals surface area contributed by atoms with E-state index < -0.39 is 11.6 Å². The molecule has 0 aliphatic heterocycles. The van der Waals surface area contributed by atoms with Crippen molar-refractivity contribution in [3.63, 3.8) is 0 Å². The van der Waals surface area contributed by atoms with E-state index in [1.807, 2.05) is 0 Å². The van der Waals surface area contributed by atoms with Crippen molar-refractivity contribution in [3.05, 3.63) is 70.3 Å². The van der Waals surface area contributed by atoms with Crippen LogP contribution in [0.1, 0.15) is 0 Å². The number of nitrogens with zero attached hydrogens (tertiary/aromatic N) is 2. The Balaban J connectivity index is 1.87. The number of halogens is 4. The van der Waals surface area contributed by atoms with Crippen molar-refractivity contribution >= 4 is 46.3 Å². The first kappa shape index (κ1) is 16.4. The minimum atomic E-state index is -0.725. The molecule has 1 aromatic heterocycles. The largest absolute Gasteiger partial charge is 0.335 e. The van der Waals surface area contributed by atoms with Crippen LogP contribution in [-0.2, 0) is 0 Å². The molecule has 0 bridgehead atoms. The van der Waals surface area contributed by atoms with Crippen LogP contribution in [0.25, 0.3) is 0 Å². The van der Waals surface area contributed by atoms with Crippen molar-refractivity contribution in [2.45, 2.75) is 0 Å². The Kier molecular flexibility index (Phi) is 4.78. The maximum Gasteiger partial charge on any atom is 0.229 e. The molecule has 0 fully saturated rings. The number of hydrogen-bond acceptors (Lipinski definition) is 4. The monoisotopic (exact) mass is 366 g/mol. The van der Waals surface area contributed by atoms with Gasteiger partial charge in [-0.3, -0.25) is 0 Å². The van der Waals surface area contributed by atoms with E-state index in [9.17, 15) is 8.78 Å². The molecule has 122 valence electrons. The zero-order chi connectivity index (χ0) is 17.1. The van der Waals surface area contributed by atoms with Crippen molar-refractivity contribution in [1.82, 2.24) is 9.97 Å². The van der Waals surface area contributed by atoms with Gasteiger partial charge < -0.3 is 10.6 Å². The van der Waals surface area contributed by atoms with Crippen molar-refractivity contribution in [1.29, 1.82) is 0 Å². The van der Waals surface area contributed by atoms with Crippen LogP contribution >= 0.6 is 23.2 Å². The SMILES string of the molecule is Fc1cccc(F)c1Nc1ccnc(Nc2c(Cl)cccc2Cl)n1. The molecule has 24 heavy (non-hydrogen) atoms. The van der Waals surface area contributed by atoms with Crippen molar-refractivity contribution < 1.29 is 8.78 Å². The fourth-order valence-corrected chi connectivity index (χ4v) is 2.45. The lowest BCUT2D eigenvalue weighted by Crippen LogP contribution is -2.03. The molecule has 0 atom stereocenters. The zero-order valence-electron chi connectivity index (χ0n) is 12.0. The van der Waals surface area contributed by atoms with Gasteiger partial charge in [-0.1, -0.05) is 35.3 Å². The summed E-state index contributed by atoms with van der Waals surface area (Å²) < 4.78 is 27.4. The molecule has 0 aliphatic carbocycles. The van der Waals surface area contributed by atoms with Gasteiger partial charge in [0.1, 0.15) is 23.1 Å². The van der Waals surface area contributed by atoms with Crippen LogP contribution < -0.4 is 10.6 Å². The molecule has 4 nitrogen and oxygen atoms in total. The third-order valence-electron chi connectivity index (χ3n) is 3.07. The molecule has 2 N–H and O–H groups in total. The first-order chi connectivity index (χ1) is 11.5. The smallest absolute Gasteiger partial charge is 0.229 e. The molecule has 1 heterocycles. The van der Waals surface area contributed by atoms with Gasteiger partial charge in [0.05, 0.1) is 15.7 Å². The molecule has 0 saturated heterocycles. The highest BCUT2D eigenvalue weighted by atomic mass is 35.5. The maximum absolute atomic E-state index is 13.7. The molecule has 0 unspecified atom stereocenters. The van der Waals surface area contributed by atoms with Crippen molar-refractivity contribution in [2.75, 3.05) is 10.6 Å². The van der Waals surface area contributed by atoms with Crippen molar-refractivity contribution in [2.24, 2.45) is 0 Å². The third-order valence-corrected chi connectivity index (χ3v) is 3.70. The fraction of sp³-hybridized carbons (Fsp3) is 0. The second-order valence-electron chi connectivity index (χ2n) is 4.71. The molecule has 2 aromatic carbocycles. The van der Waals surface area contributed by atoms with E-state index in [1.165, 1.54) is 18.3 Å². The van der Waals surface area contributed by atoms with Crippen LogP contribution in [0.5, 0.6) is 0 Å². The summed E-state index contributed by atoms with van der Waals surface area (Å²) in [6.45, 7) is 0. The molecule has 3 aromatic rings. The van der Waals surface area contributed by atoms with Gasteiger partial charge in [0.2, 0.25) is 5.95 Å². The van der Waals surface area contributed by atoms with E-state index in [1.54, 1.807) is 18.2 Å². The summed E-state index contributed by atoms with van der Waals surface area (Å²) >= 11 is 12.1. The number of rotatable bonds is 4. The Morgan fingerprint density at radius 1 is 0.792 bits per heavy atom. The van der Waals surface area contributed by atoms with Gasteiger partial charge in [0.15, 0.2) is 0 Å². The minimum absolute atomic E-state index is 0.173. The second-order valence-corrected chi connectivity index (χ2v) is 5.52. The third kappa shape index (κ3) is 3.55. The summed E-state index contributed by atoms with van der Waals surface area (Å²) in [7, 11) is 0. The topological polar surface area (TPSA) is 49.8 Å². The number of anilines is 4. The number of nitrogens with one attached hydrogen (secondary N) is 2. The molecule has 0 amide bonds. The van der Waals surface area contributed by atoms with E-state index in [-0.39, 0.29) is 17.5 Å². The van der Waals surface area contributed by atoms with Gasteiger partial charge in [-0.05, 0) is 30.3 Å². The van der Waals surface area contributed by atoms with Crippen LogP contribution in [0.4, 0.5) is 31.9 Å². The molecule has 8 heteroatoms. The lowest BCUT2D eigenvalue weighted by atomic mass is 10.3. The predicted molar refractivity (Wildman–Crippen MR) is 91.4 cm³/mol. The molecule has 0 saturated carbocycles. The molecule has 0 spiro atoms. The number of hydrogen-bond donors (Lipinski definition) is 2. The van der Waals surface area contributed by atoms with Gasteiger partial charge in [-0.15, -0.1) is 0 Å². The van der Waals surface area contributed by atoms with Gasteiger partial charge in [-0.2, -0.15) is 4.98 Å². The average Bonchev–Trinajstić information content (AvgIpc) is 2.55. The Morgan fingerprint density at radius 2 is 1.42 bits per heavy atom. The average molecular weight is 367 g/mol. The first-order valence-corrected chi connectivity index (χ1v) is 7.55. The van der Waals surface area contributed by atoms with Crippen LogP contribution in [-0.4, -0.2) is 9.97 Å². The van der Waals surface area contributed by atoms with Crippen molar-refractivity contribution in [3.8, 4) is 0 Å². The Labute approximate surface area is 146 Å². The first-order valence-electron chi connectivity index (χ1n) is 6.79. The van der Waals surface area contributed by atoms with E-state index in [0.717, 1.165) is 12.1 Å². The Bertz CT molecular complexity index is 780. The Hall–Kier alpha value is -2.44. The van der Waals surface area contributed by atoms with Crippen LogP contribution in [0.15, 0.2) is 48.7 Å². The fourth-order valence-electron chi connectivity index (χ4n) is 1.96. The van der Waals surface area contributed by atoms with E-state index in [0.29, 0.717) is 15.7 Å². The maximum atomic E-state index is 13.7. The van der Waals surface area contributed by atoms with E-state index in [4.69, 9.17) is 23.2 Å². The van der Waals surface area contributed by atoms with Crippen LogP contribution in [0.3, 0.4) is 0 Å². The lowest BCUT2D eigenvalue weighted by molar-refractivity contribution is 0.590. The van der Waals surface area contributed by atoms with E-state index in [2.05, 4.69) is 20.6 Å². The van der Waals surface area contributed by atoms with Crippen LogP contribution in [0.2, 0.25) is 10.0 Å². The molecule has 3 rings (SSSR count). The Morgan fingerprint density at radius 3 is 2.08 bits per heavy atom.